The zero-order valence-corrected chi connectivity index (χ0v) is 6.11. The summed E-state index contributed by atoms with van der Waals surface area (Å²) < 4.78 is 0. The second-order valence-corrected chi connectivity index (χ2v) is 2.54. The molecule has 0 fully saturated rings. The topological polar surface area (TPSA) is 0 Å². The fourth-order valence-corrected chi connectivity index (χ4v) is 0.986. The van der Waals surface area contributed by atoms with Gasteiger partial charge in [0.25, 0.3) is 0 Å². The van der Waals surface area contributed by atoms with Crippen molar-refractivity contribution in [3.8, 4) is 0 Å². The first-order chi connectivity index (χ1) is 3.81. The Hall–Kier alpha value is 0. The van der Waals surface area contributed by atoms with E-state index in [1.54, 1.807) is 0 Å². The molecule has 0 aliphatic carbocycles. The van der Waals surface area contributed by atoms with E-state index in [0.29, 0.717) is 0 Å². The standard InChI is InChI=1S/C8H17/c1-4-6-8(3)7-5-2/h8H,1,4-7H2,2-3H3/t8-/m1/s1. The Morgan fingerprint density at radius 3 is 2.38 bits per heavy atom. The van der Waals surface area contributed by atoms with Gasteiger partial charge in [-0.15, -0.1) is 0 Å². The van der Waals surface area contributed by atoms with Crippen molar-refractivity contribution in [1.82, 2.24) is 0 Å². The molecule has 0 aromatic heterocycles. The van der Waals surface area contributed by atoms with Gasteiger partial charge in [-0.05, 0) is 5.92 Å². The SMILES string of the molecule is [CH2]CC[C@@H](C)CCC. The highest BCUT2D eigenvalue weighted by molar-refractivity contribution is 4.52. The second kappa shape index (κ2) is 5.14. The van der Waals surface area contributed by atoms with E-state index in [9.17, 15) is 0 Å². The molecule has 0 unspecified atom stereocenters. The van der Waals surface area contributed by atoms with Crippen LogP contribution in [0, 0.1) is 12.8 Å². The molecule has 0 saturated carbocycles. The molecule has 1 radical (unpaired) electrons. The molecule has 1 atom stereocenters. The van der Waals surface area contributed by atoms with Crippen LogP contribution < -0.4 is 0 Å². The smallest absolute Gasteiger partial charge is 0.0443 e. The number of hydrogen-bond donors (Lipinski definition) is 0. The Labute approximate surface area is 53.3 Å². The van der Waals surface area contributed by atoms with E-state index in [-0.39, 0.29) is 0 Å². The lowest BCUT2D eigenvalue weighted by molar-refractivity contribution is 0.490. The van der Waals surface area contributed by atoms with Gasteiger partial charge in [-0.1, -0.05) is 46.5 Å². The molecule has 0 heterocycles. The Morgan fingerprint density at radius 2 is 2.00 bits per heavy atom. The first-order valence-corrected chi connectivity index (χ1v) is 3.60. The maximum Gasteiger partial charge on any atom is -0.0443 e. The molecule has 0 nitrogen and oxygen atoms in total. The zero-order valence-electron chi connectivity index (χ0n) is 6.11. The molecule has 0 rings (SSSR count). The summed E-state index contributed by atoms with van der Waals surface area (Å²) in [6.45, 7) is 8.34. The van der Waals surface area contributed by atoms with Crippen molar-refractivity contribution in [1.29, 1.82) is 0 Å². The molecule has 0 aliphatic rings. The second-order valence-electron chi connectivity index (χ2n) is 2.54. The molecule has 0 aromatic rings. The van der Waals surface area contributed by atoms with Gasteiger partial charge in [0.05, 0.1) is 0 Å². The molecular formula is C8H17. The third-order valence-electron chi connectivity index (χ3n) is 1.48. The maximum absolute atomic E-state index is 3.81. The summed E-state index contributed by atoms with van der Waals surface area (Å²) in [7, 11) is 0. The number of rotatable bonds is 4. The summed E-state index contributed by atoms with van der Waals surface area (Å²) >= 11 is 0. The average molecular weight is 113 g/mol. The van der Waals surface area contributed by atoms with Crippen molar-refractivity contribution in [2.75, 3.05) is 0 Å². The van der Waals surface area contributed by atoms with E-state index in [1.807, 2.05) is 0 Å². The largest absolute Gasteiger partial charge is 0.0654 e. The zero-order chi connectivity index (χ0) is 6.41. The molecule has 0 aliphatic heterocycles. The third-order valence-corrected chi connectivity index (χ3v) is 1.48. The van der Waals surface area contributed by atoms with E-state index >= 15 is 0 Å². The Balaban J connectivity index is 2.92. The lowest BCUT2D eigenvalue weighted by Gasteiger charge is -2.05. The van der Waals surface area contributed by atoms with Crippen molar-refractivity contribution in [3.05, 3.63) is 6.92 Å². The molecule has 0 N–H and O–H groups in total. The molecule has 0 bridgehead atoms. The molecule has 8 heavy (non-hydrogen) atoms. The highest BCUT2D eigenvalue weighted by Gasteiger charge is 1.95. The maximum atomic E-state index is 3.81. The predicted octanol–water partition coefficient (Wildman–Crippen LogP) is 3.04. The van der Waals surface area contributed by atoms with Gasteiger partial charge in [0.2, 0.25) is 0 Å². The fraction of sp³-hybridized carbons (Fsp3) is 0.875. The summed E-state index contributed by atoms with van der Waals surface area (Å²) in [5, 5.41) is 0. The van der Waals surface area contributed by atoms with Crippen LogP contribution in [0.4, 0.5) is 0 Å². The van der Waals surface area contributed by atoms with Crippen LogP contribution in [0.2, 0.25) is 0 Å². The minimum Gasteiger partial charge on any atom is -0.0654 e. The van der Waals surface area contributed by atoms with E-state index in [0.717, 1.165) is 12.3 Å². The van der Waals surface area contributed by atoms with E-state index in [4.69, 9.17) is 0 Å². The highest BCUT2D eigenvalue weighted by Crippen LogP contribution is 2.10. The Kier molecular flexibility index (Phi) is 5.14. The lowest BCUT2D eigenvalue weighted by atomic mass is 10.0. The van der Waals surface area contributed by atoms with Gasteiger partial charge in [0.1, 0.15) is 0 Å². The Bertz CT molecular complexity index is 33.3. The molecule has 49 valence electrons. The molecular weight excluding hydrogens is 96.1 g/mol. The van der Waals surface area contributed by atoms with Crippen molar-refractivity contribution in [3.63, 3.8) is 0 Å². The first-order valence-electron chi connectivity index (χ1n) is 3.60. The Morgan fingerprint density at radius 1 is 1.38 bits per heavy atom. The van der Waals surface area contributed by atoms with Gasteiger partial charge < -0.3 is 0 Å². The predicted molar refractivity (Wildman–Crippen MR) is 38.7 cm³/mol. The van der Waals surface area contributed by atoms with Crippen LogP contribution in [0.5, 0.6) is 0 Å². The van der Waals surface area contributed by atoms with Gasteiger partial charge in [-0.25, -0.2) is 0 Å². The lowest BCUT2D eigenvalue weighted by Crippen LogP contribution is -1.91. The monoisotopic (exact) mass is 113 g/mol. The van der Waals surface area contributed by atoms with Crippen LogP contribution in [-0.4, -0.2) is 0 Å². The molecule has 0 saturated heterocycles. The van der Waals surface area contributed by atoms with Gasteiger partial charge in [0, 0.05) is 0 Å². The molecule has 0 aromatic carbocycles. The van der Waals surface area contributed by atoms with Crippen molar-refractivity contribution in [2.45, 2.75) is 39.5 Å². The summed E-state index contributed by atoms with van der Waals surface area (Å²) in [4.78, 5) is 0. The molecule has 0 heteroatoms. The molecule has 0 amide bonds. The van der Waals surface area contributed by atoms with Crippen LogP contribution >= 0.6 is 0 Å². The summed E-state index contributed by atoms with van der Waals surface area (Å²) in [6.07, 6.45) is 5.09. The van der Waals surface area contributed by atoms with Crippen molar-refractivity contribution >= 4 is 0 Å². The van der Waals surface area contributed by atoms with E-state index in [1.165, 1.54) is 19.3 Å². The first kappa shape index (κ1) is 8.00. The normalized spacial score (nSPS) is 10.5. The fourth-order valence-electron chi connectivity index (χ4n) is 0.986. The minimum absolute atomic E-state index is 0.900. The van der Waals surface area contributed by atoms with Crippen LogP contribution in [0.15, 0.2) is 0 Å². The van der Waals surface area contributed by atoms with Gasteiger partial charge in [0.15, 0.2) is 0 Å². The van der Waals surface area contributed by atoms with Crippen LogP contribution in [0.25, 0.3) is 0 Å². The third kappa shape index (κ3) is 4.17. The van der Waals surface area contributed by atoms with Crippen LogP contribution in [0.3, 0.4) is 0 Å². The summed E-state index contributed by atoms with van der Waals surface area (Å²) in [5.74, 6) is 0.900. The summed E-state index contributed by atoms with van der Waals surface area (Å²) in [5.41, 5.74) is 0. The number of hydrogen-bond acceptors (Lipinski definition) is 0. The quantitative estimate of drug-likeness (QED) is 0.525. The van der Waals surface area contributed by atoms with Crippen molar-refractivity contribution < 1.29 is 0 Å². The van der Waals surface area contributed by atoms with Crippen molar-refractivity contribution in [2.24, 2.45) is 5.92 Å². The van der Waals surface area contributed by atoms with Gasteiger partial charge in [-0.2, -0.15) is 0 Å². The summed E-state index contributed by atoms with van der Waals surface area (Å²) in [6, 6.07) is 0. The van der Waals surface area contributed by atoms with Gasteiger partial charge in [-0.3, -0.25) is 0 Å². The van der Waals surface area contributed by atoms with Gasteiger partial charge >= 0.3 is 0 Å². The van der Waals surface area contributed by atoms with E-state index in [2.05, 4.69) is 20.8 Å². The molecule has 0 spiro atoms. The average Bonchev–Trinajstić information content (AvgIpc) is 1.68. The minimum atomic E-state index is 0.900. The highest BCUT2D eigenvalue weighted by atomic mass is 14.0. The van der Waals surface area contributed by atoms with Crippen LogP contribution in [-0.2, 0) is 0 Å². The van der Waals surface area contributed by atoms with E-state index < -0.39 is 0 Å². The van der Waals surface area contributed by atoms with Crippen LogP contribution in [0.1, 0.15) is 39.5 Å².